The lowest BCUT2D eigenvalue weighted by Crippen LogP contribution is -2.12. The van der Waals surface area contributed by atoms with Crippen LogP contribution >= 0.6 is 11.8 Å². The Labute approximate surface area is 193 Å². The molecule has 0 saturated carbocycles. The quantitative estimate of drug-likeness (QED) is 0.279. The lowest BCUT2D eigenvalue weighted by atomic mass is 9.84. The molecule has 158 valence electrons. The van der Waals surface area contributed by atoms with Crippen molar-refractivity contribution in [2.75, 3.05) is 0 Å². The number of fused-ring (bicyclic) bond motifs is 3. The third kappa shape index (κ3) is 3.87. The van der Waals surface area contributed by atoms with Gasteiger partial charge in [-0.3, -0.25) is 4.98 Å². The van der Waals surface area contributed by atoms with Crippen molar-refractivity contribution in [3.05, 3.63) is 65.8 Å². The summed E-state index contributed by atoms with van der Waals surface area (Å²) in [5.74, 6) is 0. The molecule has 0 N–H and O–H groups in total. The summed E-state index contributed by atoms with van der Waals surface area (Å²) in [5.41, 5.74) is 4.84. The molecule has 2 heteroatoms. The molecule has 1 aromatic heterocycles. The van der Waals surface area contributed by atoms with Crippen LogP contribution in [0.4, 0.5) is 0 Å². The number of rotatable bonds is 2. The van der Waals surface area contributed by atoms with Crippen molar-refractivity contribution in [3.8, 4) is 11.3 Å². The highest BCUT2D eigenvalue weighted by Crippen LogP contribution is 2.51. The Morgan fingerprint density at radius 2 is 1.65 bits per heavy atom. The first kappa shape index (κ1) is 18.3. The molecule has 1 aliphatic rings. The van der Waals surface area contributed by atoms with Crippen LogP contribution in [0.25, 0.3) is 32.8 Å². The average molecular weight is 428 g/mol. The van der Waals surface area contributed by atoms with Crippen LogP contribution in [-0.2, 0) is 12.8 Å². The third-order valence-electron chi connectivity index (χ3n) is 5.77. The number of hydrogen-bond donors (Lipinski definition) is 0. The first-order valence-corrected chi connectivity index (χ1v) is 11.9. The van der Waals surface area contributed by atoms with E-state index in [1.54, 1.807) is 0 Å². The Hall–Kier alpha value is -2.32. The number of pyridine rings is 1. The third-order valence-corrected chi connectivity index (χ3v) is 6.98. The van der Waals surface area contributed by atoms with E-state index >= 15 is 0 Å². The minimum atomic E-state index is 0.0553. The second kappa shape index (κ2) is 7.10. The van der Waals surface area contributed by atoms with Gasteiger partial charge in [0.1, 0.15) is 0 Å². The maximum atomic E-state index is 8.62. The smallest absolute Gasteiger partial charge is 0.0840 e. The van der Waals surface area contributed by atoms with Crippen LogP contribution in [0.15, 0.2) is 64.5 Å². The summed E-state index contributed by atoms with van der Waals surface area (Å²) in [6.45, 7) is 13.6. The van der Waals surface area contributed by atoms with Crippen LogP contribution < -0.4 is 0 Å². The average Bonchev–Trinajstić information content (AvgIpc) is 2.70. The minimum absolute atomic E-state index is 0.0553. The molecular formula is C29H31NS. The predicted molar refractivity (Wildman–Crippen MR) is 135 cm³/mol. The van der Waals surface area contributed by atoms with E-state index in [-0.39, 0.29) is 23.0 Å². The van der Waals surface area contributed by atoms with Crippen molar-refractivity contribution in [1.82, 2.24) is 4.98 Å². The van der Waals surface area contributed by atoms with Gasteiger partial charge in [-0.1, -0.05) is 83.6 Å². The van der Waals surface area contributed by atoms with Crippen LogP contribution in [0.3, 0.4) is 0 Å². The molecule has 0 aliphatic carbocycles. The topological polar surface area (TPSA) is 12.9 Å². The van der Waals surface area contributed by atoms with E-state index in [1.807, 2.05) is 11.8 Å². The van der Waals surface area contributed by atoms with Crippen LogP contribution in [0.1, 0.15) is 55.4 Å². The van der Waals surface area contributed by atoms with Crippen LogP contribution in [0.2, 0.25) is 0 Å². The number of nitrogens with zero attached hydrogens (tertiary/aromatic N) is 1. The molecule has 31 heavy (non-hydrogen) atoms. The molecule has 0 fully saturated rings. The fraction of sp³-hybridized carbons (Fsp3) is 0.345. The van der Waals surface area contributed by atoms with E-state index in [4.69, 9.17) is 2.74 Å². The Balaban J connectivity index is 1.86. The van der Waals surface area contributed by atoms with E-state index in [0.29, 0.717) is 0 Å². The highest BCUT2D eigenvalue weighted by Gasteiger charge is 2.27. The lowest BCUT2D eigenvalue weighted by molar-refractivity contribution is 0.410. The molecule has 0 atom stereocenters. The maximum absolute atomic E-state index is 8.62. The summed E-state index contributed by atoms with van der Waals surface area (Å²) >= 11 is 1.83. The van der Waals surface area contributed by atoms with Crippen molar-refractivity contribution in [1.29, 1.82) is 0 Å². The normalized spacial score (nSPS) is 14.5. The van der Waals surface area contributed by atoms with Crippen LogP contribution in [0.5, 0.6) is 0 Å². The van der Waals surface area contributed by atoms with Crippen molar-refractivity contribution in [2.24, 2.45) is 10.8 Å². The fourth-order valence-electron chi connectivity index (χ4n) is 4.72. The second-order valence-corrected chi connectivity index (χ2v) is 12.3. The zero-order chi connectivity index (χ0) is 23.7. The maximum Gasteiger partial charge on any atom is 0.0840 e. The number of benzene rings is 3. The molecule has 1 aliphatic heterocycles. The minimum Gasteiger partial charge on any atom is -0.256 e. The predicted octanol–water partition coefficient (Wildman–Crippen LogP) is 8.70. The molecule has 3 aromatic carbocycles. The molecule has 0 spiro atoms. The molecule has 0 unspecified atom stereocenters. The molecule has 2 heterocycles. The van der Waals surface area contributed by atoms with Crippen molar-refractivity contribution < 1.29 is 2.74 Å². The molecule has 4 aromatic rings. The summed E-state index contributed by atoms with van der Waals surface area (Å²) in [7, 11) is 0. The molecule has 0 bridgehead atoms. The van der Waals surface area contributed by atoms with Gasteiger partial charge < -0.3 is 0 Å². The van der Waals surface area contributed by atoms with E-state index in [1.165, 1.54) is 31.7 Å². The van der Waals surface area contributed by atoms with Crippen molar-refractivity contribution in [2.45, 2.75) is 64.2 Å². The summed E-state index contributed by atoms with van der Waals surface area (Å²) in [5, 5.41) is 4.39. The molecule has 0 saturated heterocycles. The Morgan fingerprint density at radius 1 is 0.903 bits per heavy atom. The summed E-state index contributed by atoms with van der Waals surface area (Å²) in [4.78, 5) is 7.11. The van der Waals surface area contributed by atoms with Gasteiger partial charge in [0, 0.05) is 26.9 Å². The number of hydrogen-bond acceptors (Lipinski definition) is 2. The van der Waals surface area contributed by atoms with Gasteiger partial charge in [0.05, 0.1) is 8.44 Å². The Kier molecular flexibility index (Phi) is 4.18. The highest BCUT2D eigenvalue weighted by molar-refractivity contribution is 7.99. The largest absolute Gasteiger partial charge is 0.256 e. The lowest BCUT2D eigenvalue weighted by Gasteiger charge is -2.28. The Morgan fingerprint density at radius 3 is 2.39 bits per heavy atom. The zero-order valence-electron chi connectivity index (χ0n) is 21.3. The van der Waals surface area contributed by atoms with E-state index < -0.39 is 0 Å². The number of aromatic nitrogens is 1. The molecule has 0 amide bonds. The molecule has 0 radical (unpaired) electrons. The second-order valence-electron chi connectivity index (χ2n) is 11.2. The SMILES string of the molecule is [2H]c1nc2c3c(cc(CC(C)(C)C)cc3c1[2H])Sc1c-2cc2ccccc2c1CC(C)(C)C. The van der Waals surface area contributed by atoms with Gasteiger partial charge >= 0.3 is 0 Å². The monoisotopic (exact) mass is 427 g/mol. The molecular weight excluding hydrogens is 394 g/mol. The first-order chi connectivity index (χ1) is 15.4. The van der Waals surface area contributed by atoms with Gasteiger partial charge in [0.15, 0.2) is 0 Å². The Bertz CT molecular complexity index is 1420. The fourth-order valence-corrected chi connectivity index (χ4v) is 6.03. The van der Waals surface area contributed by atoms with Gasteiger partial charge in [0.2, 0.25) is 0 Å². The van der Waals surface area contributed by atoms with Gasteiger partial charge in [-0.25, -0.2) is 0 Å². The van der Waals surface area contributed by atoms with Gasteiger partial charge in [-0.2, -0.15) is 0 Å². The molecule has 5 rings (SSSR count). The standard InChI is InChI=1S/C29H31NS/c1-28(2,3)16-18-13-20-11-12-30-26-22-15-19-9-7-8-10-21(19)23(17-29(4,5)6)27(22)31-24(14-18)25(20)26/h7-15H,16-17H2,1-6H3/i11D,12D. The van der Waals surface area contributed by atoms with Crippen molar-refractivity contribution in [3.63, 3.8) is 0 Å². The molecule has 1 nitrogen and oxygen atoms in total. The van der Waals surface area contributed by atoms with E-state index in [0.717, 1.165) is 34.9 Å². The van der Waals surface area contributed by atoms with Crippen molar-refractivity contribution >= 4 is 33.3 Å². The summed E-state index contributed by atoms with van der Waals surface area (Å²) in [6.07, 6.45) is 1.95. The van der Waals surface area contributed by atoms with Crippen LogP contribution in [0, 0.1) is 10.8 Å². The van der Waals surface area contributed by atoms with Gasteiger partial charge in [-0.15, -0.1) is 0 Å². The van der Waals surface area contributed by atoms with E-state index in [2.05, 4.69) is 89.0 Å². The van der Waals surface area contributed by atoms with Gasteiger partial charge in [-0.05, 0) is 69.1 Å². The van der Waals surface area contributed by atoms with E-state index in [9.17, 15) is 0 Å². The van der Waals surface area contributed by atoms with Gasteiger partial charge in [0.25, 0.3) is 0 Å². The zero-order valence-corrected chi connectivity index (χ0v) is 20.1. The summed E-state index contributed by atoms with van der Waals surface area (Å²) < 4.78 is 17.1. The summed E-state index contributed by atoms with van der Waals surface area (Å²) in [6, 6.07) is 15.5. The van der Waals surface area contributed by atoms with Crippen LogP contribution in [-0.4, -0.2) is 4.98 Å². The highest BCUT2D eigenvalue weighted by atomic mass is 32.2. The first-order valence-electron chi connectivity index (χ1n) is 12.1.